The molecule has 1 amide bonds. The second-order valence-corrected chi connectivity index (χ2v) is 10.5. The zero-order valence-corrected chi connectivity index (χ0v) is 22.6. The summed E-state index contributed by atoms with van der Waals surface area (Å²) in [5.41, 5.74) is 3.74. The van der Waals surface area contributed by atoms with Crippen LogP contribution in [0.3, 0.4) is 0 Å². The van der Waals surface area contributed by atoms with Crippen LogP contribution in [0.25, 0.3) is 5.69 Å². The van der Waals surface area contributed by atoms with E-state index in [1.165, 1.54) is 0 Å². The molecule has 1 aliphatic heterocycles. The molecule has 5 rings (SSSR count). The van der Waals surface area contributed by atoms with Crippen molar-refractivity contribution in [2.45, 2.75) is 32.9 Å². The molecule has 0 saturated carbocycles. The van der Waals surface area contributed by atoms with Crippen molar-refractivity contribution in [2.75, 3.05) is 17.3 Å². The molecule has 0 unspecified atom stereocenters. The highest BCUT2D eigenvalue weighted by Gasteiger charge is 2.42. The average molecular weight is 527 g/mol. The van der Waals surface area contributed by atoms with Crippen LogP contribution in [0.5, 0.6) is 5.75 Å². The van der Waals surface area contributed by atoms with E-state index in [1.807, 2.05) is 87.8 Å². The van der Waals surface area contributed by atoms with Crippen LogP contribution >= 0.6 is 12.2 Å². The molecule has 1 aliphatic rings. The predicted molar refractivity (Wildman–Crippen MR) is 153 cm³/mol. The topological polar surface area (TPSA) is 84.3 Å². The van der Waals surface area contributed by atoms with E-state index in [1.54, 1.807) is 19.5 Å². The Hall–Kier alpha value is -4.24. The second kappa shape index (κ2) is 10.3. The summed E-state index contributed by atoms with van der Waals surface area (Å²) in [6, 6.07) is 19.2. The Balaban J connectivity index is 1.60. The standard InChI is InChI=1S/C29H30N6O2S/c1-29(2,3)27(36)32-21-13-12-19(17-24(21)37-4)35-26(25(33-28(35)38)22-10-5-6-15-31-22)23-11-8-16-34(23)20-9-7-14-30-18-20/h5-18,25-26H,1-4H3,(H,32,36)(H,33,38)/t25-,26+/m1/s1. The largest absolute Gasteiger partial charge is 0.494 e. The van der Waals surface area contributed by atoms with Crippen LogP contribution in [0, 0.1) is 5.41 Å². The molecule has 3 aromatic heterocycles. The number of aromatic nitrogens is 3. The molecule has 1 aromatic carbocycles. The van der Waals surface area contributed by atoms with Gasteiger partial charge in [0, 0.05) is 41.5 Å². The van der Waals surface area contributed by atoms with Crippen molar-refractivity contribution in [1.82, 2.24) is 19.9 Å². The summed E-state index contributed by atoms with van der Waals surface area (Å²) in [7, 11) is 1.59. The summed E-state index contributed by atoms with van der Waals surface area (Å²) in [4.78, 5) is 23.7. The van der Waals surface area contributed by atoms with Gasteiger partial charge in [-0.3, -0.25) is 14.8 Å². The van der Waals surface area contributed by atoms with Crippen LogP contribution in [0.2, 0.25) is 0 Å². The molecule has 1 saturated heterocycles. The first kappa shape index (κ1) is 25.4. The van der Waals surface area contributed by atoms with Gasteiger partial charge in [0.1, 0.15) is 11.8 Å². The number of hydrogen-bond acceptors (Lipinski definition) is 5. The Bertz CT molecular complexity index is 1450. The van der Waals surface area contributed by atoms with E-state index >= 15 is 0 Å². The van der Waals surface area contributed by atoms with Crippen molar-refractivity contribution in [3.63, 3.8) is 0 Å². The lowest BCUT2D eigenvalue weighted by Gasteiger charge is -2.29. The number of pyridine rings is 2. The average Bonchev–Trinajstić information content (AvgIpc) is 3.53. The van der Waals surface area contributed by atoms with Gasteiger partial charge in [0.2, 0.25) is 5.91 Å². The Morgan fingerprint density at radius 1 is 1.05 bits per heavy atom. The van der Waals surface area contributed by atoms with Gasteiger partial charge in [-0.1, -0.05) is 26.8 Å². The number of anilines is 2. The molecular weight excluding hydrogens is 496 g/mol. The zero-order chi connectivity index (χ0) is 26.9. The Labute approximate surface area is 227 Å². The first-order chi connectivity index (χ1) is 18.3. The van der Waals surface area contributed by atoms with Crippen molar-refractivity contribution < 1.29 is 9.53 Å². The lowest BCUT2D eigenvalue weighted by Crippen LogP contribution is -2.30. The van der Waals surface area contributed by atoms with Crippen LogP contribution in [-0.2, 0) is 4.79 Å². The molecule has 0 aliphatic carbocycles. The van der Waals surface area contributed by atoms with Gasteiger partial charge in [-0.15, -0.1) is 0 Å². The molecule has 1 fully saturated rings. The van der Waals surface area contributed by atoms with Crippen LogP contribution in [0.15, 0.2) is 85.5 Å². The van der Waals surface area contributed by atoms with Crippen molar-refractivity contribution in [3.8, 4) is 11.4 Å². The van der Waals surface area contributed by atoms with Crippen molar-refractivity contribution in [1.29, 1.82) is 0 Å². The fourth-order valence-electron chi connectivity index (χ4n) is 4.54. The second-order valence-electron chi connectivity index (χ2n) is 10.1. The number of hydrogen-bond donors (Lipinski definition) is 2. The maximum atomic E-state index is 12.7. The third kappa shape index (κ3) is 4.84. The maximum Gasteiger partial charge on any atom is 0.229 e. The van der Waals surface area contributed by atoms with Crippen LogP contribution in [-0.4, -0.2) is 32.7 Å². The summed E-state index contributed by atoms with van der Waals surface area (Å²) in [6.07, 6.45) is 7.40. The molecule has 8 nitrogen and oxygen atoms in total. The third-order valence-electron chi connectivity index (χ3n) is 6.50. The predicted octanol–water partition coefficient (Wildman–Crippen LogP) is 5.44. The monoisotopic (exact) mass is 526 g/mol. The molecule has 38 heavy (non-hydrogen) atoms. The Morgan fingerprint density at radius 2 is 1.89 bits per heavy atom. The van der Waals surface area contributed by atoms with Gasteiger partial charge in [0.25, 0.3) is 0 Å². The van der Waals surface area contributed by atoms with Gasteiger partial charge >= 0.3 is 0 Å². The number of amides is 1. The van der Waals surface area contributed by atoms with Crippen LogP contribution in [0.1, 0.15) is 44.2 Å². The summed E-state index contributed by atoms with van der Waals surface area (Å²) in [5.74, 6) is 0.454. The number of carbonyl (C=O) groups is 1. The number of rotatable bonds is 6. The quantitative estimate of drug-likeness (QED) is 0.324. The van der Waals surface area contributed by atoms with Crippen LogP contribution < -0.4 is 20.3 Å². The number of carbonyl (C=O) groups excluding carboxylic acids is 1. The molecule has 0 radical (unpaired) electrons. The van der Waals surface area contributed by atoms with E-state index in [2.05, 4.69) is 36.1 Å². The number of benzene rings is 1. The first-order valence-corrected chi connectivity index (χ1v) is 12.8. The Kier molecular flexibility index (Phi) is 6.86. The normalized spacial score (nSPS) is 17.3. The van der Waals surface area contributed by atoms with Gasteiger partial charge in [0.15, 0.2) is 5.11 Å². The first-order valence-electron chi connectivity index (χ1n) is 12.4. The van der Waals surface area contributed by atoms with Gasteiger partial charge in [0.05, 0.1) is 36.4 Å². The molecule has 194 valence electrons. The highest BCUT2D eigenvalue weighted by Crippen LogP contribution is 2.44. The fraction of sp³-hybridized carbons (Fsp3) is 0.241. The minimum absolute atomic E-state index is 0.0932. The zero-order valence-electron chi connectivity index (χ0n) is 21.8. The minimum atomic E-state index is -0.539. The maximum absolute atomic E-state index is 12.7. The van der Waals surface area contributed by atoms with Gasteiger partial charge in [-0.25, -0.2) is 0 Å². The summed E-state index contributed by atoms with van der Waals surface area (Å²) < 4.78 is 7.81. The number of nitrogens with one attached hydrogen (secondary N) is 2. The summed E-state index contributed by atoms with van der Waals surface area (Å²) in [6.45, 7) is 5.62. The molecule has 4 heterocycles. The minimum Gasteiger partial charge on any atom is -0.494 e. The summed E-state index contributed by atoms with van der Waals surface area (Å²) >= 11 is 5.90. The number of methoxy groups -OCH3 is 1. The number of ether oxygens (including phenoxy) is 1. The lowest BCUT2D eigenvalue weighted by atomic mass is 9.95. The van der Waals surface area contributed by atoms with E-state index in [0.29, 0.717) is 16.5 Å². The van der Waals surface area contributed by atoms with Crippen molar-refractivity contribution >= 4 is 34.6 Å². The van der Waals surface area contributed by atoms with Crippen LogP contribution in [0.4, 0.5) is 11.4 Å². The van der Waals surface area contributed by atoms with E-state index in [0.717, 1.165) is 22.8 Å². The van der Waals surface area contributed by atoms with E-state index in [-0.39, 0.29) is 18.0 Å². The Morgan fingerprint density at radius 3 is 2.58 bits per heavy atom. The lowest BCUT2D eigenvalue weighted by molar-refractivity contribution is -0.123. The fourth-order valence-corrected chi connectivity index (χ4v) is 4.89. The molecule has 9 heteroatoms. The molecule has 2 atom stereocenters. The summed E-state index contributed by atoms with van der Waals surface area (Å²) in [5, 5.41) is 7.05. The highest BCUT2D eigenvalue weighted by atomic mass is 32.1. The smallest absolute Gasteiger partial charge is 0.229 e. The highest BCUT2D eigenvalue weighted by molar-refractivity contribution is 7.80. The number of thiocarbonyl (C=S) groups is 1. The van der Waals surface area contributed by atoms with Crippen molar-refractivity contribution in [3.05, 3.63) is 96.8 Å². The molecule has 0 spiro atoms. The SMILES string of the molecule is COc1cc(N2C(=S)N[C@H](c3ccccn3)[C@@H]2c2cccn2-c2cccnc2)ccc1NC(=O)C(C)(C)C. The third-order valence-corrected chi connectivity index (χ3v) is 6.81. The van der Waals surface area contributed by atoms with E-state index < -0.39 is 5.41 Å². The van der Waals surface area contributed by atoms with Crippen molar-refractivity contribution in [2.24, 2.45) is 5.41 Å². The van der Waals surface area contributed by atoms with Gasteiger partial charge in [-0.2, -0.15) is 0 Å². The van der Waals surface area contributed by atoms with Gasteiger partial charge in [-0.05, 0) is 60.7 Å². The molecular formula is C29H30N6O2S. The molecule has 4 aromatic rings. The van der Waals surface area contributed by atoms with Gasteiger partial charge < -0.3 is 24.8 Å². The number of nitrogens with zero attached hydrogens (tertiary/aromatic N) is 4. The molecule has 2 N–H and O–H groups in total. The van der Waals surface area contributed by atoms with E-state index in [4.69, 9.17) is 17.0 Å². The van der Waals surface area contributed by atoms with E-state index in [9.17, 15) is 4.79 Å². The molecule has 0 bridgehead atoms.